The predicted octanol–water partition coefficient (Wildman–Crippen LogP) is -1.49. The Labute approximate surface area is 78.1 Å². The third kappa shape index (κ3) is 1.25. The first-order chi connectivity index (χ1) is 6.49. The smallest absolute Gasteiger partial charge is 0.269 e. The van der Waals surface area contributed by atoms with E-state index in [0.717, 1.165) is 0 Å². The first-order valence-electron chi connectivity index (χ1n) is 3.50. The van der Waals surface area contributed by atoms with E-state index in [1.807, 2.05) is 0 Å². The van der Waals surface area contributed by atoms with E-state index in [1.54, 1.807) is 6.07 Å². The highest BCUT2D eigenvalue weighted by Crippen LogP contribution is 2.17. The number of aromatic nitrogens is 1. The second kappa shape index (κ2) is 3.10. The number of carbonyl (C=O) groups is 1. The maximum absolute atomic E-state index is 11.1. The molecule has 0 radical (unpaired) electrons. The summed E-state index contributed by atoms with van der Waals surface area (Å²) < 4.78 is 0. The average Bonchev–Trinajstić information content (AvgIpc) is 2.02. The van der Waals surface area contributed by atoms with Crippen LogP contribution in [0.4, 0.5) is 11.5 Å². The molecule has 1 aromatic rings. The van der Waals surface area contributed by atoms with Gasteiger partial charge < -0.3 is 22.2 Å². The van der Waals surface area contributed by atoms with E-state index in [-0.39, 0.29) is 22.6 Å². The van der Waals surface area contributed by atoms with Crippen LogP contribution in [0, 0.1) is 11.3 Å². The summed E-state index contributed by atoms with van der Waals surface area (Å²) in [5.74, 6) is -1.13. The molecule has 7 N–H and O–H groups in total. The number of nitriles is 1. The number of H-pyrrole nitrogens is 1. The normalized spacial score (nSPS) is 9.36. The van der Waals surface area contributed by atoms with Crippen molar-refractivity contribution in [3.8, 4) is 6.07 Å². The number of rotatable bonds is 1. The van der Waals surface area contributed by atoms with Crippen molar-refractivity contribution in [1.82, 2.24) is 4.98 Å². The quantitative estimate of drug-likeness (QED) is 0.428. The summed E-state index contributed by atoms with van der Waals surface area (Å²) in [5, 5.41) is 8.55. The van der Waals surface area contributed by atoms with Crippen LogP contribution in [0.25, 0.3) is 0 Å². The molecular weight excluding hydrogens is 186 g/mol. The topological polar surface area (TPSA) is 152 Å². The Morgan fingerprint density at radius 3 is 2.43 bits per heavy atom. The van der Waals surface area contributed by atoms with Crippen molar-refractivity contribution < 1.29 is 4.79 Å². The molecule has 0 saturated heterocycles. The highest BCUT2D eigenvalue weighted by atomic mass is 16.1. The molecular formula is C7H7N5O2. The zero-order valence-electron chi connectivity index (χ0n) is 7.00. The SMILES string of the molecule is N#Cc1c(N)c(C(N)=O)c(N)[nH]c1=O. The van der Waals surface area contributed by atoms with Gasteiger partial charge in [-0.1, -0.05) is 0 Å². The van der Waals surface area contributed by atoms with Crippen LogP contribution in [0.5, 0.6) is 0 Å². The zero-order valence-corrected chi connectivity index (χ0v) is 7.00. The molecule has 72 valence electrons. The molecule has 0 fully saturated rings. The maximum Gasteiger partial charge on any atom is 0.269 e. The van der Waals surface area contributed by atoms with Crippen molar-refractivity contribution in [2.75, 3.05) is 11.5 Å². The number of primary amides is 1. The fourth-order valence-corrected chi connectivity index (χ4v) is 1.02. The minimum absolute atomic E-state index is 0.235. The third-order valence-corrected chi connectivity index (χ3v) is 1.64. The van der Waals surface area contributed by atoms with Gasteiger partial charge >= 0.3 is 0 Å². The molecule has 1 heterocycles. The molecule has 0 aromatic carbocycles. The standard InChI is InChI=1S/C7H7N5O2/c8-1-2-4(9)3(6(11)13)5(10)12-7(2)14/h(H2,11,13)(H5,9,10,12,14). The molecule has 1 rings (SSSR count). The van der Waals surface area contributed by atoms with Crippen LogP contribution in [0.3, 0.4) is 0 Å². The Hall–Kier alpha value is -2.49. The van der Waals surface area contributed by atoms with Gasteiger partial charge in [-0.2, -0.15) is 5.26 Å². The second-order valence-corrected chi connectivity index (χ2v) is 2.51. The first-order valence-corrected chi connectivity index (χ1v) is 3.50. The molecule has 7 heteroatoms. The number of nitrogens with one attached hydrogen (secondary N) is 1. The van der Waals surface area contributed by atoms with Gasteiger partial charge in [0, 0.05) is 0 Å². The number of nitrogens with zero attached hydrogens (tertiary/aromatic N) is 1. The van der Waals surface area contributed by atoms with Crippen LogP contribution >= 0.6 is 0 Å². The van der Waals surface area contributed by atoms with Crippen LogP contribution in [0.1, 0.15) is 15.9 Å². The molecule has 0 unspecified atom stereocenters. The molecule has 0 spiro atoms. The van der Waals surface area contributed by atoms with Crippen LogP contribution in [-0.2, 0) is 0 Å². The lowest BCUT2D eigenvalue weighted by molar-refractivity contribution is 0.100. The Morgan fingerprint density at radius 2 is 2.00 bits per heavy atom. The number of nitrogens with two attached hydrogens (primary N) is 3. The summed E-state index contributed by atoms with van der Waals surface area (Å²) in [6.07, 6.45) is 0. The Balaban J connectivity index is 3.72. The molecule has 0 bridgehead atoms. The van der Waals surface area contributed by atoms with Gasteiger partial charge in [-0.05, 0) is 0 Å². The number of nitrogen functional groups attached to an aromatic ring is 2. The summed E-state index contributed by atoms with van der Waals surface area (Å²) >= 11 is 0. The number of hydrogen-bond donors (Lipinski definition) is 4. The fraction of sp³-hybridized carbons (Fsp3) is 0. The maximum atomic E-state index is 11.1. The van der Waals surface area contributed by atoms with Crippen molar-refractivity contribution in [3.63, 3.8) is 0 Å². The second-order valence-electron chi connectivity index (χ2n) is 2.51. The first kappa shape index (κ1) is 9.60. The molecule has 0 atom stereocenters. The molecule has 0 aliphatic rings. The van der Waals surface area contributed by atoms with E-state index in [2.05, 4.69) is 4.98 Å². The van der Waals surface area contributed by atoms with E-state index in [4.69, 9.17) is 22.5 Å². The number of amides is 1. The van der Waals surface area contributed by atoms with E-state index in [1.165, 1.54) is 0 Å². The zero-order chi connectivity index (χ0) is 10.9. The van der Waals surface area contributed by atoms with Crippen molar-refractivity contribution in [2.45, 2.75) is 0 Å². The van der Waals surface area contributed by atoms with Crippen molar-refractivity contribution in [2.24, 2.45) is 5.73 Å². The molecule has 0 saturated carbocycles. The van der Waals surface area contributed by atoms with E-state index < -0.39 is 11.5 Å². The van der Waals surface area contributed by atoms with Crippen molar-refractivity contribution in [3.05, 3.63) is 21.5 Å². The molecule has 1 aromatic heterocycles. The summed E-state index contributed by atoms with van der Waals surface area (Å²) in [7, 11) is 0. The lowest BCUT2D eigenvalue weighted by atomic mass is 10.1. The molecule has 0 aliphatic heterocycles. The van der Waals surface area contributed by atoms with Crippen LogP contribution in [-0.4, -0.2) is 10.9 Å². The highest BCUT2D eigenvalue weighted by Gasteiger charge is 2.17. The Bertz CT molecular complexity index is 496. The van der Waals surface area contributed by atoms with Crippen LogP contribution < -0.4 is 22.8 Å². The summed E-state index contributed by atoms with van der Waals surface area (Å²) in [5.41, 5.74) is 14.0. The summed E-state index contributed by atoms with van der Waals surface area (Å²) in [6.45, 7) is 0. The predicted molar refractivity (Wildman–Crippen MR) is 49.1 cm³/mol. The molecule has 7 nitrogen and oxygen atoms in total. The molecule has 1 amide bonds. The van der Waals surface area contributed by atoms with Gasteiger partial charge in [0.15, 0.2) is 0 Å². The van der Waals surface area contributed by atoms with Gasteiger partial charge in [0.1, 0.15) is 23.0 Å². The highest BCUT2D eigenvalue weighted by molar-refractivity contribution is 6.03. The average molecular weight is 193 g/mol. The monoisotopic (exact) mass is 193 g/mol. The van der Waals surface area contributed by atoms with E-state index in [9.17, 15) is 9.59 Å². The summed E-state index contributed by atoms with van der Waals surface area (Å²) in [6, 6.07) is 1.55. The van der Waals surface area contributed by atoms with Crippen LogP contribution in [0.2, 0.25) is 0 Å². The van der Waals surface area contributed by atoms with Crippen molar-refractivity contribution >= 4 is 17.4 Å². The number of pyridine rings is 1. The largest absolute Gasteiger partial charge is 0.397 e. The van der Waals surface area contributed by atoms with Gasteiger partial charge in [0.05, 0.1) is 5.69 Å². The minimum atomic E-state index is -0.896. The number of anilines is 2. The minimum Gasteiger partial charge on any atom is -0.397 e. The lowest BCUT2D eigenvalue weighted by Gasteiger charge is -2.05. The molecule has 0 aliphatic carbocycles. The van der Waals surface area contributed by atoms with Crippen LogP contribution in [0.15, 0.2) is 4.79 Å². The number of hydrogen-bond acceptors (Lipinski definition) is 5. The van der Waals surface area contributed by atoms with Gasteiger partial charge in [0.25, 0.3) is 11.5 Å². The Morgan fingerprint density at radius 1 is 1.43 bits per heavy atom. The number of carbonyl (C=O) groups excluding carboxylic acids is 1. The van der Waals surface area contributed by atoms with Gasteiger partial charge in [-0.15, -0.1) is 0 Å². The summed E-state index contributed by atoms with van der Waals surface area (Å²) in [4.78, 5) is 24.0. The lowest BCUT2D eigenvalue weighted by Crippen LogP contribution is -2.23. The van der Waals surface area contributed by atoms with Gasteiger partial charge in [0.2, 0.25) is 0 Å². The van der Waals surface area contributed by atoms with Crippen molar-refractivity contribution in [1.29, 1.82) is 5.26 Å². The van der Waals surface area contributed by atoms with E-state index in [0.29, 0.717) is 0 Å². The van der Waals surface area contributed by atoms with E-state index >= 15 is 0 Å². The van der Waals surface area contributed by atoms with Gasteiger partial charge in [-0.25, -0.2) is 0 Å². The third-order valence-electron chi connectivity index (χ3n) is 1.64. The fourth-order valence-electron chi connectivity index (χ4n) is 1.02. The molecule has 14 heavy (non-hydrogen) atoms. The number of aromatic amines is 1. The van der Waals surface area contributed by atoms with Gasteiger partial charge in [-0.3, -0.25) is 9.59 Å². The Kier molecular flexibility index (Phi) is 2.13.